The number of ether oxygens (including phenoxy) is 1. The van der Waals surface area contributed by atoms with Crippen LogP contribution in [0.15, 0.2) is 24.4 Å². The minimum atomic E-state index is -1.02. The first-order valence-electron chi connectivity index (χ1n) is 7.26. The Labute approximate surface area is 128 Å². The van der Waals surface area contributed by atoms with E-state index in [0.29, 0.717) is 6.54 Å². The van der Waals surface area contributed by atoms with E-state index >= 15 is 0 Å². The first-order chi connectivity index (χ1) is 10.6. The van der Waals surface area contributed by atoms with Crippen LogP contribution in [-0.4, -0.2) is 41.7 Å². The van der Waals surface area contributed by atoms with Crippen molar-refractivity contribution in [1.82, 2.24) is 10.3 Å². The number of carboxylic acid groups (broad SMARTS) is 1. The summed E-state index contributed by atoms with van der Waals surface area (Å²) in [6.45, 7) is 2.23. The number of aliphatic carboxylic acids is 1. The average molecular weight is 304 g/mol. The molecule has 0 spiro atoms. The molecule has 1 aromatic heterocycles. The van der Waals surface area contributed by atoms with E-state index in [1.165, 1.54) is 5.56 Å². The molecule has 2 rings (SSSR count). The second-order valence-electron chi connectivity index (χ2n) is 4.98. The van der Waals surface area contributed by atoms with E-state index in [1.807, 2.05) is 18.3 Å². The molecule has 0 bridgehead atoms. The summed E-state index contributed by atoms with van der Waals surface area (Å²) in [5, 5.41) is 12.2. The highest BCUT2D eigenvalue weighted by Crippen LogP contribution is 2.22. The zero-order valence-corrected chi connectivity index (χ0v) is 12.5. The van der Waals surface area contributed by atoms with Crippen molar-refractivity contribution in [2.75, 3.05) is 19.8 Å². The number of nitrogens with one attached hydrogen (secondary N) is 2. The summed E-state index contributed by atoms with van der Waals surface area (Å²) in [5.74, 6) is -1.13. The molecule has 6 nitrogen and oxygen atoms in total. The second kappa shape index (κ2) is 7.61. The van der Waals surface area contributed by atoms with Crippen LogP contribution in [0.5, 0.6) is 0 Å². The minimum absolute atomic E-state index is 0.110. The van der Waals surface area contributed by atoms with Crippen LogP contribution < -0.4 is 5.32 Å². The number of para-hydroxylation sites is 1. The summed E-state index contributed by atoms with van der Waals surface area (Å²) in [5.41, 5.74) is 3.26. The van der Waals surface area contributed by atoms with E-state index in [2.05, 4.69) is 23.3 Å². The maximum Gasteiger partial charge on any atom is 0.329 e. The summed E-state index contributed by atoms with van der Waals surface area (Å²) >= 11 is 0. The van der Waals surface area contributed by atoms with E-state index in [0.717, 1.165) is 22.9 Å². The number of carboxylic acids is 1. The van der Waals surface area contributed by atoms with Gasteiger partial charge in [-0.05, 0) is 17.5 Å². The van der Waals surface area contributed by atoms with Crippen LogP contribution in [0.3, 0.4) is 0 Å². The summed E-state index contributed by atoms with van der Waals surface area (Å²) in [6.07, 6.45) is 3.08. The van der Waals surface area contributed by atoms with Gasteiger partial charge in [0.05, 0.1) is 13.0 Å². The largest absolute Gasteiger partial charge is 0.480 e. The Balaban J connectivity index is 1.88. The number of carbonyl (C=O) groups excluding carboxylic acids is 1. The number of amides is 1. The van der Waals surface area contributed by atoms with Crippen molar-refractivity contribution in [3.05, 3.63) is 35.5 Å². The standard InChI is InChI=1S/C16H20N2O4/c1-2-11-4-3-5-13-12(9-18-16(11)13)8-14(19)17-6-7-22-10-15(20)21/h3-5,9,18H,2,6-8,10H2,1H3,(H,17,19)(H,20,21). The first-order valence-corrected chi connectivity index (χ1v) is 7.26. The van der Waals surface area contributed by atoms with E-state index < -0.39 is 5.97 Å². The monoisotopic (exact) mass is 304 g/mol. The highest BCUT2D eigenvalue weighted by Gasteiger charge is 2.10. The normalized spacial score (nSPS) is 10.8. The number of H-pyrrole nitrogens is 1. The highest BCUT2D eigenvalue weighted by atomic mass is 16.5. The number of fused-ring (bicyclic) bond motifs is 1. The van der Waals surface area contributed by atoms with Gasteiger partial charge in [-0.2, -0.15) is 0 Å². The Morgan fingerprint density at radius 3 is 2.86 bits per heavy atom. The molecule has 0 radical (unpaired) electrons. The molecule has 3 N–H and O–H groups in total. The highest BCUT2D eigenvalue weighted by molar-refractivity contribution is 5.90. The third kappa shape index (κ3) is 4.08. The summed E-state index contributed by atoms with van der Waals surface area (Å²) in [7, 11) is 0. The van der Waals surface area contributed by atoms with Gasteiger partial charge in [0.1, 0.15) is 6.61 Å². The molecule has 1 amide bonds. The van der Waals surface area contributed by atoms with Crippen LogP contribution in [0.25, 0.3) is 10.9 Å². The van der Waals surface area contributed by atoms with Crippen molar-refractivity contribution in [3.8, 4) is 0 Å². The molecule has 6 heteroatoms. The van der Waals surface area contributed by atoms with Gasteiger partial charge >= 0.3 is 5.97 Å². The number of carbonyl (C=O) groups is 2. The quantitative estimate of drug-likeness (QED) is 0.644. The first kappa shape index (κ1) is 16.0. The van der Waals surface area contributed by atoms with Crippen LogP contribution in [0.2, 0.25) is 0 Å². The smallest absolute Gasteiger partial charge is 0.329 e. The molecule has 0 saturated carbocycles. The van der Waals surface area contributed by atoms with Crippen molar-refractivity contribution in [2.24, 2.45) is 0 Å². The van der Waals surface area contributed by atoms with Gasteiger partial charge in [-0.15, -0.1) is 0 Å². The SMILES string of the molecule is CCc1cccc2c(CC(=O)NCCOCC(=O)O)c[nH]c12. The predicted molar refractivity (Wildman–Crippen MR) is 82.8 cm³/mol. The Kier molecular flexibility index (Phi) is 5.55. The lowest BCUT2D eigenvalue weighted by atomic mass is 10.1. The van der Waals surface area contributed by atoms with Gasteiger partial charge in [-0.25, -0.2) is 4.79 Å². The molecule has 0 atom stereocenters. The molecule has 0 aliphatic carbocycles. The molecule has 118 valence electrons. The van der Waals surface area contributed by atoms with Crippen LogP contribution in [0, 0.1) is 0 Å². The number of benzene rings is 1. The van der Waals surface area contributed by atoms with Crippen LogP contribution in [0.4, 0.5) is 0 Å². The van der Waals surface area contributed by atoms with Gasteiger partial charge in [-0.3, -0.25) is 4.79 Å². The fourth-order valence-electron chi connectivity index (χ4n) is 2.37. The molecule has 0 aliphatic rings. The number of aryl methyl sites for hydroxylation is 1. The van der Waals surface area contributed by atoms with Gasteiger partial charge < -0.3 is 20.1 Å². The Bertz CT molecular complexity index is 663. The Morgan fingerprint density at radius 1 is 1.32 bits per heavy atom. The predicted octanol–water partition coefficient (Wildman–Crippen LogP) is 1.49. The summed E-state index contributed by atoms with van der Waals surface area (Å²) < 4.78 is 4.86. The van der Waals surface area contributed by atoms with Crippen molar-refractivity contribution in [1.29, 1.82) is 0 Å². The number of aromatic amines is 1. The Hall–Kier alpha value is -2.34. The van der Waals surface area contributed by atoms with Crippen LogP contribution in [-0.2, 0) is 27.2 Å². The fourth-order valence-corrected chi connectivity index (χ4v) is 2.37. The minimum Gasteiger partial charge on any atom is -0.480 e. The van der Waals surface area contributed by atoms with Gasteiger partial charge in [0.15, 0.2) is 0 Å². The molecule has 22 heavy (non-hydrogen) atoms. The summed E-state index contributed by atoms with van der Waals surface area (Å²) in [6, 6.07) is 6.07. The van der Waals surface area contributed by atoms with Crippen molar-refractivity contribution in [3.63, 3.8) is 0 Å². The third-order valence-corrected chi connectivity index (χ3v) is 3.41. The van der Waals surface area contributed by atoms with Crippen molar-refractivity contribution in [2.45, 2.75) is 19.8 Å². The zero-order chi connectivity index (χ0) is 15.9. The number of rotatable bonds is 8. The third-order valence-electron chi connectivity index (χ3n) is 3.41. The van der Waals surface area contributed by atoms with Crippen molar-refractivity contribution >= 4 is 22.8 Å². The van der Waals surface area contributed by atoms with E-state index in [1.54, 1.807) is 0 Å². The molecular formula is C16H20N2O4. The lowest BCUT2D eigenvalue weighted by Gasteiger charge is -2.05. The van der Waals surface area contributed by atoms with E-state index in [-0.39, 0.29) is 25.5 Å². The molecule has 0 unspecified atom stereocenters. The number of hydrogen-bond acceptors (Lipinski definition) is 3. The lowest BCUT2D eigenvalue weighted by molar-refractivity contribution is -0.142. The maximum atomic E-state index is 11.9. The van der Waals surface area contributed by atoms with Gasteiger partial charge in [-0.1, -0.05) is 25.1 Å². The molecular weight excluding hydrogens is 284 g/mol. The Morgan fingerprint density at radius 2 is 2.14 bits per heavy atom. The fraction of sp³-hybridized carbons (Fsp3) is 0.375. The maximum absolute atomic E-state index is 11.9. The van der Waals surface area contributed by atoms with Gasteiger partial charge in [0.2, 0.25) is 5.91 Å². The van der Waals surface area contributed by atoms with Crippen LogP contribution >= 0.6 is 0 Å². The summed E-state index contributed by atoms with van der Waals surface area (Å²) in [4.78, 5) is 25.4. The molecule has 0 saturated heterocycles. The van der Waals surface area contributed by atoms with Crippen LogP contribution in [0.1, 0.15) is 18.1 Å². The number of hydrogen-bond donors (Lipinski definition) is 3. The number of aromatic nitrogens is 1. The van der Waals surface area contributed by atoms with Gasteiger partial charge in [0.25, 0.3) is 0 Å². The van der Waals surface area contributed by atoms with E-state index in [9.17, 15) is 9.59 Å². The molecule has 2 aromatic rings. The second-order valence-corrected chi connectivity index (χ2v) is 4.98. The van der Waals surface area contributed by atoms with Crippen molar-refractivity contribution < 1.29 is 19.4 Å². The molecule has 1 aromatic carbocycles. The molecule has 0 fully saturated rings. The van der Waals surface area contributed by atoms with E-state index in [4.69, 9.17) is 9.84 Å². The molecule has 1 heterocycles. The topological polar surface area (TPSA) is 91.4 Å². The average Bonchev–Trinajstić information content (AvgIpc) is 2.89. The zero-order valence-electron chi connectivity index (χ0n) is 12.5. The molecule has 0 aliphatic heterocycles. The van der Waals surface area contributed by atoms with Gasteiger partial charge in [0, 0.05) is 23.6 Å². The lowest BCUT2D eigenvalue weighted by Crippen LogP contribution is -2.29.